The highest BCUT2D eigenvalue weighted by molar-refractivity contribution is 6.00. The predicted octanol–water partition coefficient (Wildman–Crippen LogP) is -1.29. The fourth-order valence-electron chi connectivity index (χ4n) is 1.24. The highest BCUT2D eigenvalue weighted by atomic mass is 16.3. The lowest BCUT2D eigenvalue weighted by Crippen LogP contribution is -2.58. The van der Waals surface area contributed by atoms with Gasteiger partial charge in [0, 0.05) is 0 Å². The van der Waals surface area contributed by atoms with E-state index in [9.17, 15) is 9.59 Å². The van der Waals surface area contributed by atoms with Gasteiger partial charge in [0.15, 0.2) is 0 Å². The lowest BCUT2D eigenvalue weighted by atomic mass is 10.2. The molecule has 0 aromatic rings. The van der Waals surface area contributed by atoms with E-state index in [-0.39, 0.29) is 30.9 Å². The van der Waals surface area contributed by atoms with Gasteiger partial charge in [0.05, 0.1) is 25.2 Å². The number of nitrogens with one attached hydrogen (secondary N) is 1. The van der Waals surface area contributed by atoms with E-state index < -0.39 is 6.10 Å². The van der Waals surface area contributed by atoms with Crippen molar-refractivity contribution in [3.63, 3.8) is 0 Å². The quantitative estimate of drug-likeness (QED) is 0.527. The van der Waals surface area contributed by atoms with E-state index in [1.807, 2.05) is 0 Å². The minimum Gasteiger partial charge on any atom is -0.392 e. The van der Waals surface area contributed by atoms with Crippen LogP contribution in [0.1, 0.15) is 13.8 Å². The second-order valence-corrected chi connectivity index (χ2v) is 3.29. The topological polar surface area (TPSA) is 69.6 Å². The van der Waals surface area contributed by atoms with Gasteiger partial charge in [-0.15, -0.1) is 0 Å². The number of rotatable bonds is 2. The largest absolute Gasteiger partial charge is 0.392 e. The Labute approximate surface area is 76.7 Å². The van der Waals surface area contributed by atoms with Gasteiger partial charge in [-0.25, -0.2) is 0 Å². The van der Waals surface area contributed by atoms with Crippen LogP contribution in [0, 0.1) is 0 Å². The second-order valence-electron chi connectivity index (χ2n) is 3.29. The molecule has 74 valence electrons. The van der Waals surface area contributed by atoms with Crippen LogP contribution in [0.15, 0.2) is 0 Å². The molecule has 1 aliphatic rings. The molecule has 1 saturated heterocycles. The first-order valence-corrected chi connectivity index (χ1v) is 4.28. The zero-order chi connectivity index (χ0) is 10.0. The number of aliphatic hydroxyl groups is 1. The van der Waals surface area contributed by atoms with Crippen molar-refractivity contribution >= 4 is 11.8 Å². The molecule has 0 saturated carbocycles. The number of hydrogen-bond donors (Lipinski definition) is 2. The number of nitrogens with zero attached hydrogens (tertiary/aromatic N) is 1. The van der Waals surface area contributed by atoms with E-state index in [1.165, 1.54) is 0 Å². The lowest BCUT2D eigenvalue weighted by molar-refractivity contribution is -0.150. The van der Waals surface area contributed by atoms with Crippen molar-refractivity contribution in [1.29, 1.82) is 0 Å². The normalized spacial score (nSPS) is 26.4. The van der Waals surface area contributed by atoms with Gasteiger partial charge in [-0.3, -0.25) is 19.8 Å². The highest BCUT2D eigenvalue weighted by Gasteiger charge is 2.31. The predicted molar refractivity (Wildman–Crippen MR) is 45.9 cm³/mol. The number of carbonyl (C=O) groups is 2. The van der Waals surface area contributed by atoms with Crippen molar-refractivity contribution < 1.29 is 14.7 Å². The molecule has 0 spiro atoms. The number of aliphatic hydroxyl groups excluding tert-OH is 1. The average Bonchev–Trinajstić information content (AvgIpc) is 2.05. The molecule has 0 aromatic carbocycles. The van der Waals surface area contributed by atoms with Crippen molar-refractivity contribution in [2.45, 2.75) is 26.0 Å². The van der Waals surface area contributed by atoms with Gasteiger partial charge in [0.1, 0.15) is 0 Å². The van der Waals surface area contributed by atoms with Crippen molar-refractivity contribution in [3.8, 4) is 0 Å². The number of carbonyl (C=O) groups excluding carboxylic acids is 2. The average molecular weight is 186 g/mol. The summed E-state index contributed by atoms with van der Waals surface area (Å²) in [5.74, 6) is -0.541. The number of hydrogen-bond acceptors (Lipinski definition) is 4. The first kappa shape index (κ1) is 10.1. The minimum absolute atomic E-state index is 0.0870. The Hall–Kier alpha value is -0.940. The van der Waals surface area contributed by atoms with Crippen LogP contribution in [-0.4, -0.2) is 47.1 Å². The third-order valence-electron chi connectivity index (χ3n) is 1.94. The van der Waals surface area contributed by atoms with Crippen LogP contribution in [0.25, 0.3) is 0 Å². The summed E-state index contributed by atoms with van der Waals surface area (Å²) < 4.78 is 0. The van der Waals surface area contributed by atoms with Gasteiger partial charge in [-0.2, -0.15) is 0 Å². The fourth-order valence-corrected chi connectivity index (χ4v) is 1.24. The van der Waals surface area contributed by atoms with Crippen molar-refractivity contribution in [1.82, 2.24) is 10.2 Å². The van der Waals surface area contributed by atoms with Gasteiger partial charge in [-0.1, -0.05) is 0 Å². The van der Waals surface area contributed by atoms with Crippen molar-refractivity contribution in [2.75, 3.05) is 13.1 Å². The van der Waals surface area contributed by atoms with Crippen molar-refractivity contribution in [2.24, 2.45) is 0 Å². The third-order valence-corrected chi connectivity index (χ3v) is 1.94. The smallest absolute Gasteiger partial charge is 0.246 e. The zero-order valence-electron chi connectivity index (χ0n) is 7.78. The minimum atomic E-state index is -0.668. The Morgan fingerprint density at radius 2 is 2.31 bits per heavy atom. The van der Waals surface area contributed by atoms with E-state index in [1.54, 1.807) is 13.8 Å². The number of piperazine rings is 1. The molecule has 0 bridgehead atoms. The molecular formula is C8H14N2O3. The third kappa shape index (κ3) is 2.26. The summed E-state index contributed by atoms with van der Waals surface area (Å²) in [4.78, 5) is 23.7. The Bertz CT molecular complexity index is 227. The van der Waals surface area contributed by atoms with Crippen LogP contribution in [0.5, 0.6) is 0 Å². The van der Waals surface area contributed by atoms with Crippen LogP contribution >= 0.6 is 0 Å². The highest BCUT2D eigenvalue weighted by Crippen LogP contribution is 2.03. The molecule has 2 unspecified atom stereocenters. The van der Waals surface area contributed by atoms with Gasteiger partial charge in [0.2, 0.25) is 11.8 Å². The maximum Gasteiger partial charge on any atom is 0.246 e. The molecule has 5 nitrogen and oxygen atoms in total. The van der Waals surface area contributed by atoms with E-state index in [0.717, 1.165) is 4.90 Å². The van der Waals surface area contributed by atoms with Crippen LogP contribution in [-0.2, 0) is 9.59 Å². The first-order chi connectivity index (χ1) is 6.02. The molecule has 1 aliphatic heterocycles. The summed E-state index contributed by atoms with van der Waals surface area (Å²) in [5.41, 5.74) is 0. The second kappa shape index (κ2) is 3.85. The Balaban J connectivity index is 2.67. The summed E-state index contributed by atoms with van der Waals surface area (Å²) in [6, 6.07) is -0.337. The molecule has 0 radical (unpaired) electrons. The molecule has 1 fully saturated rings. The molecule has 2 amide bonds. The Morgan fingerprint density at radius 3 is 2.85 bits per heavy atom. The number of imide groups is 1. The lowest BCUT2D eigenvalue weighted by Gasteiger charge is -2.30. The molecule has 0 aromatic heterocycles. The molecule has 1 heterocycles. The summed E-state index contributed by atoms with van der Waals surface area (Å²) in [6.07, 6.45) is -0.668. The van der Waals surface area contributed by atoms with Gasteiger partial charge in [0.25, 0.3) is 0 Å². The molecule has 2 atom stereocenters. The molecule has 5 heteroatoms. The Morgan fingerprint density at radius 1 is 1.69 bits per heavy atom. The monoisotopic (exact) mass is 186 g/mol. The van der Waals surface area contributed by atoms with E-state index >= 15 is 0 Å². The van der Waals surface area contributed by atoms with Gasteiger partial charge < -0.3 is 5.11 Å². The summed E-state index contributed by atoms with van der Waals surface area (Å²) >= 11 is 0. The van der Waals surface area contributed by atoms with Crippen LogP contribution in [0.4, 0.5) is 0 Å². The molecule has 2 N–H and O–H groups in total. The SMILES string of the molecule is CC(O)CN1C(=O)CNC(C)C1=O. The fraction of sp³-hybridized carbons (Fsp3) is 0.750. The van der Waals surface area contributed by atoms with Gasteiger partial charge in [-0.05, 0) is 13.8 Å². The number of β-amino-alcohol motifs (C(OH)–C–C–N with tert-alkyl or cyclic N) is 1. The van der Waals surface area contributed by atoms with Crippen molar-refractivity contribution in [3.05, 3.63) is 0 Å². The van der Waals surface area contributed by atoms with E-state index in [4.69, 9.17) is 5.11 Å². The standard InChI is InChI=1S/C8H14N2O3/c1-5(11)4-10-7(12)3-9-6(2)8(10)13/h5-6,9,11H,3-4H2,1-2H3. The molecular weight excluding hydrogens is 172 g/mol. The summed E-state index contributed by atoms with van der Waals surface area (Å²) in [6.45, 7) is 3.50. The summed E-state index contributed by atoms with van der Waals surface area (Å²) in [5, 5.41) is 11.8. The van der Waals surface area contributed by atoms with E-state index in [0.29, 0.717) is 0 Å². The van der Waals surface area contributed by atoms with E-state index in [2.05, 4.69) is 5.32 Å². The molecule has 0 aliphatic carbocycles. The van der Waals surface area contributed by atoms with Crippen LogP contribution in [0.2, 0.25) is 0 Å². The zero-order valence-corrected chi connectivity index (χ0v) is 7.78. The van der Waals surface area contributed by atoms with Crippen LogP contribution in [0.3, 0.4) is 0 Å². The maximum absolute atomic E-state index is 11.4. The maximum atomic E-state index is 11.4. The van der Waals surface area contributed by atoms with Crippen LogP contribution < -0.4 is 5.32 Å². The molecule has 1 rings (SSSR count). The summed E-state index contributed by atoms with van der Waals surface area (Å²) in [7, 11) is 0. The molecule has 13 heavy (non-hydrogen) atoms. The Kier molecular flexibility index (Phi) is 3.00. The van der Waals surface area contributed by atoms with Gasteiger partial charge >= 0.3 is 0 Å². The first-order valence-electron chi connectivity index (χ1n) is 4.28. The number of amides is 2.